The first kappa shape index (κ1) is 18.9. The van der Waals surface area contributed by atoms with Gasteiger partial charge in [-0.05, 0) is 47.5 Å². The molecule has 0 saturated carbocycles. The number of hydrogen-bond donors (Lipinski definition) is 0. The van der Waals surface area contributed by atoms with Crippen LogP contribution in [0.1, 0.15) is 34.6 Å². The van der Waals surface area contributed by atoms with Gasteiger partial charge in [0.2, 0.25) is 0 Å². The molecule has 7 rings (SSSR count). The molecular weight excluding hydrogens is 420 g/mol. The topological polar surface area (TPSA) is 38.7 Å². The molecule has 1 fully saturated rings. The van der Waals surface area contributed by atoms with Gasteiger partial charge in [-0.1, -0.05) is 60.7 Å². The van der Waals surface area contributed by atoms with E-state index < -0.39 is 0 Å². The molecule has 4 aromatic rings. The third kappa shape index (κ3) is 2.75. The average Bonchev–Trinajstić information content (AvgIpc) is 2.92. The van der Waals surface area contributed by atoms with Crippen LogP contribution in [0.2, 0.25) is 0 Å². The van der Waals surface area contributed by atoms with Crippen LogP contribution in [0.4, 0.5) is 11.6 Å². The number of pyridine rings is 2. The SMILES string of the molecule is C1=CN2C(c3ccccc31)N(c1ccccn1)N1C=Cc3ccccc3C1N2c1ccccn1. The number of hydrazine groups is 2. The minimum absolute atomic E-state index is 0.135. The second kappa shape index (κ2) is 7.49. The molecule has 2 unspecified atom stereocenters. The fourth-order valence-corrected chi connectivity index (χ4v) is 5.14. The average molecular weight is 443 g/mol. The first-order valence-corrected chi connectivity index (χ1v) is 11.4. The number of hydrogen-bond acceptors (Lipinski definition) is 6. The van der Waals surface area contributed by atoms with Crippen LogP contribution in [-0.4, -0.2) is 20.0 Å². The van der Waals surface area contributed by atoms with Gasteiger partial charge in [0, 0.05) is 35.9 Å². The predicted octanol–water partition coefficient (Wildman–Crippen LogP) is 5.60. The predicted molar refractivity (Wildman–Crippen MR) is 134 cm³/mol. The highest BCUT2D eigenvalue weighted by molar-refractivity contribution is 5.65. The molecule has 3 aliphatic heterocycles. The Balaban J connectivity index is 1.51. The summed E-state index contributed by atoms with van der Waals surface area (Å²) in [6.07, 6.45) is 12.1. The molecular formula is C28H22N6. The van der Waals surface area contributed by atoms with E-state index >= 15 is 0 Å². The summed E-state index contributed by atoms with van der Waals surface area (Å²) in [5, 5.41) is 9.16. The van der Waals surface area contributed by atoms with Gasteiger partial charge in [-0.2, -0.15) is 0 Å². The van der Waals surface area contributed by atoms with Crippen molar-refractivity contribution >= 4 is 23.8 Å². The van der Waals surface area contributed by atoms with Crippen molar-refractivity contribution in [2.24, 2.45) is 0 Å². The number of aromatic nitrogens is 2. The lowest BCUT2D eigenvalue weighted by atomic mass is 9.97. The zero-order valence-electron chi connectivity index (χ0n) is 18.4. The van der Waals surface area contributed by atoms with Crippen molar-refractivity contribution in [3.63, 3.8) is 0 Å². The van der Waals surface area contributed by atoms with Gasteiger partial charge < -0.3 is 0 Å². The van der Waals surface area contributed by atoms with Crippen molar-refractivity contribution in [3.8, 4) is 0 Å². The van der Waals surface area contributed by atoms with Gasteiger partial charge >= 0.3 is 0 Å². The molecule has 0 aliphatic carbocycles. The van der Waals surface area contributed by atoms with Gasteiger partial charge in [0.1, 0.15) is 11.6 Å². The summed E-state index contributed by atoms with van der Waals surface area (Å²) >= 11 is 0. The minimum Gasteiger partial charge on any atom is -0.260 e. The van der Waals surface area contributed by atoms with Crippen molar-refractivity contribution in [1.82, 2.24) is 20.0 Å². The Kier molecular flexibility index (Phi) is 4.17. The second-order valence-corrected chi connectivity index (χ2v) is 8.46. The summed E-state index contributed by atoms with van der Waals surface area (Å²) in [6, 6.07) is 29.2. The van der Waals surface area contributed by atoms with E-state index in [4.69, 9.17) is 9.97 Å². The molecule has 34 heavy (non-hydrogen) atoms. The fraction of sp³-hybridized carbons (Fsp3) is 0.0714. The van der Waals surface area contributed by atoms with Crippen LogP contribution in [0, 0.1) is 0 Å². The van der Waals surface area contributed by atoms with Gasteiger partial charge in [0.15, 0.2) is 12.3 Å². The van der Waals surface area contributed by atoms with E-state index in [2.05, 4.69) is 105 Å². The highest BCUT2D eigenvalue weighted by Crippen LogP contribution is 2.49. The van der Waals surface area contributed by atoms with Crippen molar-refractivity contribution in [3.05, 3.63) is 132 Å². The monoisotopic (exact) mass is 442 g/mol. The van der Waals surface area contributed by atoms with Gasteiger partial charge in [-0.15, -0.1) is 0 Å². The van der Waals surface area contributed by atoms with Crippen LogP contribution in [0.3, 0.4) is 0 Å². The van der Waals surface area contributed by atoms with Crippen LogP contribution in [0.25, 0.3) is 12.2 Å². The molecule has 2 aromatic heterocycles. The van der Waals surface area contributed by atoms with Crippen molar-refractivity contribution < 1.29 is 0 Å². The summed E-state index contributed by atoms with van der Waals surface area (Å²) in [6.45, 7) is 0. The van der Waals surface area contributed by atoms with Crippen LogP contribution >= 0.6 is 0 Å². The van der Waals surface area contributed by atoms with Crippen LogP contribution in [-0.2, 0) is 0 Å². The summed E-state index contributed by atoms with van der Waals surface area (Å²) < 4.78 is 0. The van der Waals surface area contributed by atoms with Gasteiger partial charge in [-0.3, -0.25) is 10.0 Å². The Morgan fingerprint density at radius 2 is 0.941 bits per heavy atom. The van der Waals surface area contributed by atoms with E-state index in [0.29, 0.717) is 0 Å². The number of rotatable bonds is 2. The number of fused-ring (bicyclic) bond motifs is 6. The molecule has 164 valence electrons. The Hall–Kier alpha value is -4.58. The van der Waals surface area contributed by atoms with E-state index in [1.54, 1.807) is 0 Å². The number of anilines is 2. The number of nitrogens with zero attached hydrogens (tertiary/aromatic N) is 6. The molecule has 0 amide bonds. The van der Waals surface area contributed by atoms with Crippen molar-refractivity contribution in [2.45, 2.75) is 12.3 Å². The molecule has 2 atom stereocenters. The Bertz CT molecular complexity index is 1290. The molecule has 6 heteroatoms. The maximum absolute atomic E-state index is 4.78. The summed E-state index contributed by atoms with van der Waals surface area (Å²) in [5.41, 5.74) is 4.82. The van der Waals surface area contributed by atoms with E-state index in [9.17, 15) is 0 Å². The molecule has 6 nitrogen and oxygen atoms in total. The molecule has 1 saturated heterocycles. The Morgan fingerprint density at radius 1 is 0.500 bits per heavy atom. The molecule has 3 aliphatic rings. The fourth-order valence-electron chi connectivity index (χ4n) is 5.14. The Labute approximate surface area is 198 Å². The quantitative estimate of drug-likeness (QED) is 0.402. The van der Waals surface area contributed by atoms with E-state index in [1.807, 2.05) is 36.7 Å². The van der Waals surface area contributed by atoms with E-state index in [0.717, 1.165) is 11.6 Å². The van der Waals surface area contributed by atoms with Crippen molar-refractivity contribution in [1.29, 1.82) is 0 Å². The first-order valence-electron chi connectivity index (χ1n) is 11.4. The first-order chi connectivity index (χ1) is 16.9. The largest absolute Gasteiger partial charge is 0.260 e. The van der Waals surface area contributed by atoms with Gasteiger partial charge in [-0.25, -0.2) is 20.0 Å². The lowest BCUT2D eigenvalue weighted by Gasteiger charge is -2.60. The summed E-state index contributed by atoms with van der Waals surface area (Å²) in [5.74, 6) is 1.77. The second-order valence-electron chi connectivity index (χ2n) is 8.46. The maximum atomic E-state index is 4.78. The summed E-state index contributed by atoms with van der Waals surface area (Å²) in [7, 11) is 0. The highest BCUT2D eigenvalue weighted by Gasteiger charge is 2.48. The maximum Gasteiger partial charge on any atom is 0.168 e. The minimum atomic E-state index is -0.135. The van der Waals surface area contributed by atoms with Crippen LogP contribution in [0.15, 0.2) is 110 Å². The van der Waals surface area contributed by atoms with E-state index in [-0.39, 0.29) is 12.3 Å². The lowest BCUT2D eigenvalue weighted by Crippen LogP contribution is -2.65. The molecule has 5 heterocycles. The van der Waals surface area contributed by atoms with Crippen LogP contribution in [0.5, 0.6) is 0 Å². The molecule has 0 spiro atoms. The van der Waals surface area contributed by atoms with Crippen LogP contribution < -0.4 is 10.0 Å². The molecule has 0 bridgehead atoms. The standard InChI is InChI=1S/C28H22N6/c1-3-11-23-21(9-1)15-19-31-27(23)33(25-13-5-7-17-29-25)32-20-16-22-10-2-4-12-24(22)28(32)34(31)26-14-6-8-18-30-26/h1-20,27-28H. The lowest BCUT2D eigenvalue weighted by molar-refractivity contribution is 0.0443. The third-order valence-corrected chi connectivity index (χ3v) is 6.59. The molecule has 2 aromatic carbocycles. The molecule has 0 radical (unpaired) electrons. The van der Waals surface area contributed by atoms with Crippen molar-refractivity contribution in [2.75, 3.05) is 10.0 Å². The Morgan fingerprint density at radius 3 is 1.38 bits per heavy atom. The van der Waals surface area contributed by atoms with Gasteiger partial charge in [0.25, 0.3) is 0 Å². The van der Waals surface area contributed by atoms with E-state index in [1.165, 1.54) is 22.3 Å². The molecule has 0 N–H and O–H groups in total. The smallest absolute Gasteiger partial charge is 0.168 e. The normalized spacial score (nSPS) is 19.9. The zero-order valence-corrected chi connectivity index (χ0v) is 18.4. The third-order valence-electron chi connectivity index (χ3n) is 6.59. The number of benzene rings is 2. The van der Waals surface area contributed by atoms with Gasteiger partial charge in [0.05, 0.1) is 0 Å². The zero-order chi connectivity index (χ0) is 22.5. The highest BCUT2D eigenvalue weighted by atomic mass is 15.9. The summed E-state index contributed by atoms with van der Waals surface area (Å²) in [4.78, 5) is 9.55.